The van der Waals surface area contributed by atoms with Crippen molar-refractivity contribution >= 4 is 22.8 Å². The van der Waals surface area contributed by atoms with Crippen LogP contribution in [0.25, 0.3) is 0 Å². The zero-order chi connectivity index (χ0) is 7.84. The van der Waals surface area contributed by atoms with Gasteiger partial charge >= 0.3 is 76.1 Å². The summed E-state index contributed by atoms with van der Waals surface area (Å²) in [6.07, 6.45) is 2.69. The first-order chi connectivity index (χ1) is 5.27. The van der Waals surface area contributed by atoms with Crippen molar-refractivity contribution < 1.29 is 0 Å². The van der Waals surface area contributed by atoms with E-state index in [1.54, 1.807) is 18.6 Å². The number of hydrogen-bond donors (Lipinski definition) is 0. The summed E-state index contributed by atoms with van der Waals surface area (Å²) >= 11 is 1.56. The van der Waals surface area contributed by atoms with Gasteiger partial charge in [0.15, 0.2) is 0 Å². The molecule has 0 spiro atoms. The summed E-state index contributed by atoms with van der Waals surface area (Å²) in [5.41, 5.74) is 2.55. The monoisotopic (exact) mass is 202 g/mol. The van der Waals surface area contributed by atoms with Crippen LogP contribution in [0.15, 0.2) is 6.07 Å². The molecule has 1 saturated carbocycles. The fourth-order valence-electron chi connectivity index (χ4n) is 1.29. The first-order valence-corrected chi connectivity index (χ1v) is 5.08. The number of nitrogens with zero attached hydrogens (tertiary/aromatic N) is 2. The molecule has 1 aromatic rings. The van der Waals surface area contributed by atoms with Gasteiger partial charge in [-0.3, -0.25) is 0 Å². The van der Waals surface area contributed by atoms with E-state index in [4.69, 9.17) is 0 Å². The van der Waals surface area contributed by atoms with Crippen LogP contribution in [-0.2, 0) is 0 Å². The molecule has 0 unspecified atom stereocenters. The van der Waals surface area contributed by atoms with Crippen molar-refractivity contribution in [2.75, 3.05) is 0 Å². The standard InChI is InChI=1S/C8H9N2.Ga/c1-6-8(7-2-3-7)4-5-9-10-6;/h4,7H,2-3H2,1H3;. The van der Waals surface area contributed by atoms with Gasteiger partial charge in [-0.05, 0) is 0 Å². The first kappa shape index (κ1) is 7.37. The van der Waals surface area contributed by atoms with Crippen LogP contribution in [0.3, 0.4) is 0 Å². The van der Waals surface area contributed by atoms with E-state index in [1.807, 2.05) is 6.92 Å². The Morgan fingerprint density at radius 2 is 2.18 bits per heavy atom. The van der Waals surface area contributed by atoms with Gasteiger partial charge in [-0.15, -0.1) is 0 Å². The maximum absolute atomic E-state index is 4.11. The van der Waals surface area contributed by atoms with Gasteiger partial charge in [-0.1, -0.05) is 0 Å². The van der Waals surface area contributed by atoms with Crippen LogP contribution in [0.4, 0.5) is 0 Å². The molecule has 2 nitrogen and oxygen atoms in total. The van der Waals surface area contributed by atoms with Gasteiger partial charge in [0.2, 0.25) is 0 Å². The molecule has 2 radical (unpaired) electrons. The Morgan fingerprint density at radius 1 is 1.45 bits per heavy atom. The third-order valence-corrected chi connectivity index (χ3v) is 2.65. The van der Waals surface area contributed by atoms with E-state index < -0.39 is 0 Å². The van der Waals surface area contributed by atoms with Gasteiger partial charge in [-0.2, -0.15) is 0 Å². The Bertz CT molecular complexity index is 281. The molecule has 0 atom stereocenters. The van der Waals surface area contributed by atoms with E-state index in [2.05, 4.69) is 16.3 Å². The van der Waals surface area contributed by atoms with E-state index >= 15 is 0 Å². The van der Waals surface area contributed by atoms with Gasteiger partial charge in [0, 0.05) is 0 Å². The van der Waals surface area contributed by atoms with Crippen LogP contribution >= 0.6 is 0 Å². The second-order valence-electron chi connectivity index (χ2n) is 3.08. The second-order valence-corrected chi connectivity index (χ2v) is 4.33. The quantitative estimate of drug-likeness (QED) is 0.619. The molecule has 0 aromatic carbocycles. The van der Waals surface area contributed by atoms with Crippen LogP contribution in [0.1, 0.15) is 30.0 Å². The van der Waals surface area contributed by atoms with Gasteiger partial charge in [0.25, 0.3) is 0 Å². The number of aromatic nitrogens is 2. The Balaban J connectivity index is 2.42. The van der Waals surface area contributed by atoms with E-state index in [1.165, 1.54) is 18.4 Å². The molecular formula is C8H9GaN2. The van der Waals surface area contributed by atoms with Crippen molar-refractivity contribution in [3.8, 4) is 0 Å². The molecule has 1 heterocycles. The Labute approximate surface area is 76.3 Å². The van der Waals surface area contributed by atoms with Gasteiger partial charge in [0.1, 0.15) is 0 Å². The van der Waals surface area contributed by atoms with Crippen molar-refractivity contribution in [1.29, 1.82) is 0 Å². The van der Waals surface area contributed by atoms with Crippen molar-refractivity contribution in [3.63, 3.8) is 0 Å². The molecule has 54 valence electrons. The molecule has 0 saturated heterocycles. The third kappa shape index (κ3) is 1.49. The van der Waals surface area contributed by atoms with Gasteiger partial charge < -0.3 is 0 Å². The molecule has 3 heteroatoms. The summed E-state index contributed by atoms with van der Waals surface area (Å²) in [6.45, 7) is 2.05. The first-order valence-electron chi connectivity index (χ1n) is 3.87. The van der Waals surface area contributed by atoms with E-state index in [0.717, 1.165) is 15.9 Å². The van der Waals surface area contributed by atoms with Crippen LogP contribution < -0.4 is 4.25 Å². The van der Waals surface area contributed by atoms with Crippen molar-refractivity contribution in [2.24, 2.45) is 0 Å². The summed E-state index contributed by atoms with van der Waals surface area (Å²) in [7, 11) is 0. The zero-order valence-corrected chi connectivity index (χ0v) is 8.96. The second kappa shape index (κ2) is 2.64. The summed E-state index contributed by atoms with van der Waals surface area (Å²) in [5.74, 6) is 0.806. The van der Waals surface area contributed by atoms with Crippen LogP contribution in [-0.4, -0.2) is 28.8 Å². The molecule has 1 aliphatic rings. The molecule has 0 N–H and O–H groups in total. The van der Waals surface area contributed by atoms with Crippen molar-refractivity contribution in [1.82, 2.24) is 10.2 Å². The third-order valence-electron chi connectivity index (χ3n) is 2.05. The minimum atomic E-state index is 0.806. The normalized spacial score (nSPS) is 16.8. The minimum absolute atomic E-state index is 0.806. The average molecular weight is 203 g/mol. The predicted molar refractivity (Wildman–Crippen MR) is 44.1 cm³/mol. The fourth-order valence-corrected chi connectivity index (χ4v) is 1.79. The fraction of sp³-hybridized carbons (Fsp3) is 0.500. The molecule has 1 fully saturated rings. The SMILES string of the molecule is Cc1nn[c]([Ga])cc1C1CC1. The summed E-state index contributed by atoms with van der Waals surface area (Å²) in [4.78, 5) is 0. The number of rotatable bonds is 1. The zero-order valence-electron chi connectivity index (χ0n) is 6.54. The molecule has 2 rings (SSSR count). The van der Waals surface area contributed by atoms with Crippen LogP contribution in [0.5, 0.6) is 0 Å². The van der Waals surface area contributed by atoms with Crippen molar-refractivity contribution in [3.05, 3.63) is 17.3 Å². The van der Waals surface area contributed by atoms with Crippen molar-refractivity contribution in [2.45, 2.75) is 25.7 Å². The average Bonchev–Trinajstić information content (AvgIpc) is 2.76. The number of aryl methyl sites for hydroxylation is 1. The molecule has 0 aliphatic heterocycles. The molecular weight excluding hydrogens is 194 g/mol. The van der Waals surface area contributed by atoms with Gasteiger partial charge in [0.05, 0.1) is 0 Å². The topological polar surface area (TPSA) is 25.8 Å². The van der Waals surface area contributed by atoms with E-state index in [-0.39, 0.29) is 0 Å². The molecule has 0 amide bonds. The summed E-state index contributed by atoms with van der Waals surface area (Å²) in [6, 6.07) is 2.19. The molecule has 11 heavy (non-hydrogen) atoms. The van der Waals surface area contributed by atoms with E-state index in [0.29, 0.717) is 0 Å². The van der Waals surface area contributed by atoms with E-state index in [9.17, 15) is 0 Å². The maximum atomic E-state index is 4.11. The summed E-state index contributed by atoms with van der Waals surface area (Å²) < 4.78 is 1.10. The van der Waals surface area contributed by atoms with Gasteiger partial charge in [-0.25, -0.2) is 0 Å². The van der Waals surface area contributed by atoms with Crippen LogP contribution in [0.2, 0.25) is 0 Å². The van der Waals surface area contributed by atoms with Crippen LogP contribution in [0, 0.1) is 6.92 Å². The molecule has 1 aromatic heterocycles. The number of hydrogen-bond acceptors (Lipinski definition) is 2. The molecule has 0 bridgehead atoms. The summed E-state index contributed by atoms with van der Waals surface area (Å²) in [5, 5.41) is 8.13. The predicted octanol–water partition coefficient (Wildman–Crippen LogP) is 0.456. The molecule has 1 aliphatic carbocycles. The Kier molecular flexibility index (Phi) is 1.77. The Hall–Kier alpha value is -0.284. The Morgan fingerprint density at radius 3 is 2.82 bits per heavy atom.